The van der Waals surface area contributed by atoms with E-state index < -0.39 is 39.9 Å². The fourth-order valence-corrected chi connectivity index (χ4v) is 5.71. The summed E-state index contributed by atoms with van der Waals surface area (Å²) in [5, 5.41) is 15.2. The van der Waals surface area contributed by atoms with Gasteiger partial charge in [0.15, 0.2) is 5.75 Å². The number of amides is 3. The number of likely N-dealkylation sites (N-methyl/N-ethyl adjacent to an activating group) is 1. The third-order valence-electron chi connectivity index (χ3n) is 6.93. The van der Waals surface area contributed by atoms with Crippen molar-refractivity contribution in [1.82, 2.24) is 9.21 Å². The van der Waals surface area contributed by atoms with Gasteiger partial charge < -0.3 is 25.4 Å². The molecule has 3 aromatic carbocycles. The Morgan fingerprint density at radius 3 is 2.44 bits per heavy atom. The van der Waals surface area contributed by atoms with Crippen molar-refractivity contribution in [2.45, 2.75) is 30.9 Å². The van der Waals surface area contributed by atoms with Crippen molar-refractivity contribution in [2.75, 3.05) is 37.4 Å². The molecule has 1 aliphatic heterocycles. The van der Waals surface area contributed by atoms with E-state index in [2.05, 4.69) is 10.6 Å². The monoisotopic (exact) mass is 584 g/mol. The predicted molar refractivity (Wildman–Crippen MR) is 153 cm³/mol. The minimum atomic E-state index is -3.85. The molecule has 41 heavy (non-hydrogen) atoms. The number of carbonyl (C=O) groups is 2. The van der Waals surface area contributed by atoms with Crippen LogP contribution in [-0.4, -0.2) is 73.6 Å². The van der Waals surface area contributed by atoms with Crippen molar-refractivity contribution < 1.29 is 32.2 Å². The maximum atomic E-state index is 13.6. The lowest BCUT2D eigenvalue weighted by molar-refractivity contribution is 0.0389. The number of nitrogens with one attached hydrogen (secondary N) is 2. The summed E-state index contributed by atoms with van der Waals surface area (Å²) in [6.45, 7) is 3.42. The third kappa shape index (κ3) is 6.84. The number of sulfonamides is 1. The number of anilines is 2. The normalized spacial score (nSPS) is 18.1. The molecule has 1 aliphatic rings. The molecule has 0 fully saturated rings. The van der Waals surface area contributed by atoms with Gasteiger partial charge in [-0.3, -0.25) is 4.79 Å². The standard InChI is InChI=1S/C29H33FN4O6S/c1-19-16-34(20(2)18-35)28(36)24-10-7-11-25(32-29(37)31-22-14-12-21(30)13-15-22)27(24)40-26(19)17-33(3)41(38,39)23-8-5-4-6-9-23/h4-15,19-20,26,35H,16-18H2,1-3H3,(H2,31,32,37)/t19-,20-,26+/m1/s1. The minimum absolute atomic E-state index is 0.0521. The first-order chi connectivity index (χ1) is 19.5. The number of aliphatic hydroxyl groups is 1. The van der Waals surface area contributed by atoms with Crippen molar-refractivity contribution in [3.05, 3.63) is 84.2 Å². The largest absolute Gasteiger partial charge is 0.486 e. The second kappa shape index (κ2) is 12.7. The van der Waals surface area contributed by atoms with Crippen molar-refractivity contribution in [3.63, 3.8) is 0 Å². The maximum absolute atomic E-state index is 13.6. The van der Waals surface area contributed by atoms with Gasteiger partial charge in [0.25, 0.3) is 5.91 Å². The number of benzene rings is 3. The Labute approximate surface area is 238 Å². The molecule has 3 amide bonds. The van der Waals surface area contributed by atoms with Gasteiger partial charge in [0, 0.05) is 25.2 Å². The number of halogens is 1. The number of carbonyl (C=O) groups excluding carboxylic acids is 2. The second-order valence-electron chi connectivity index (χ2n) is 9.99. The minimum Gasteiger partial charge on any atom is -0.486 e. The zero-order valence-corrected chi connectivity index (χ0v) is 23.8. The number of hydrogen-bond donors (Lipinski definition) is 3. The molecule has 0 aromatic heterocycles. The van der Waals surface area contributed by atoms with E-state index >= 15 is 0 Å². The van der Waals surface area contributed by atoms with E-state index in [1.54, 1.807) is 43.3 Å². The van der Waals surface area contributed by atoms with Crippen LogP contribution in [0.3, 0.4) is 0 Å². The summed E-state index contributed by atoms with van der Waals surface area (Å²) in [7, 11) is -2.39. The molecular formula is C29H33FN4O6S. The van der Waals surface area contributed by atoms with Crippen molar-refractivity contribution >= 4 is 33.3 Å². The Bertz CT molecular complexity index is 1490. The summed E-state index contributed by atoms with van der Waals surface area (Å²) in [5.74, 6) is -1.15. The highest BCUT2D eigenvalue weighted by Gasteiger charge is 2.36. The summed E-state index contributed by atoms with van der Waals surface area (Å²) in [5.41, 5.74) is 0.678. The summed E-state index contributed by atoms with van der Waals surface area (Å²) in [6.07, 6.45) is -0.734. The molecule has 3 atom stereocenters. The molecule has 0 spiro atoms. The van der Waals surface area contributed by atoms with Gasteiger partial charge in [-0.15, -0.1) is 0 Å². The van der Waals surface area contributed by atoms with Crippen LogP contribution in [0, 0.1) is 11.7 Å². The average molecular weight is 585 g/mol. The van der Waals surface area contributed by atoms with E-state index in [0.29, 0.717) is 5.69 Å². The Balaban J connectivity index is 1.68. The molecule has 3 N–H and O–H groups in total. The van der Waals surface area contributed by atoms with Gasteiger partial charge in [-0.05, 0) is 55.5 Å². The number of urea groups is 1. The summed E-state index contributed by atoms with van der Waals surface area (Å²) >= 11 is 0. The van der Waals surface area contributed by atoms with Crippen molar-refractivity contribution in [3.8, 4) is 5.75 Å². The fourth-order valence-electron chi connectivity index (χ4n) is 4.50. The molecule has 218 valence electrons. The van der Waals surface area contributed by atoms with Crippen LogP contribution >= 0.6 is 0 Å². The Morgan fingerprint density at radius 1 is 1.10 bits per heavy atom. The quantitative estimate of drug-likeness (QED) is 0.367. The number of fused-ring (bicyclic) bond motifs is 1. The van der Waals surface area contributed by atoms with Gasteiger partial charge >= 0.3 is 6.03 Å². The van der Waals surface area contributed by atoms with E-state index in [1.165, 1.54) is 52.7 Å². The van der Waals surface area contributed by atoms with Gasteiger partial charge in [-0.25, -0.2) is 17.6 Å². The highest BCUT2D eigenvalue weighted by atomic mass is 32.2. The lowest BCUT2D eigenvalue weighted by atomic mass is 9.99. The van der Waals surface area contributed by atoms with Gasteiger partial charge in [0.05, 0.1) is 35.3 Å². The topological polar surface area (TPSA) is 128 Å². The van der Waals surface area contributed by atoms with Crippen LogP contribution in [0.2, 0.25) is 0 Å². The Kier molecular flexibility index (Phi) is 9.26. The van der Waals surface area contributed by atoms with E-state index in [1.807, 2.05) is 6.92 Å². The van der Waals surface area contributed by atoms with Crippen LogP contribution in [0.1, 0.15) is 24.2 Å². The van der Waals surface area contributed by atoms with E-state index in [-0.39, 0.29) is 47.5 Å². The molecule has 0 unspecified atom stereocenters. The SMILES string of the molecule is C[C@@H]1CN([C@H](C)CO)C(=O)c2cccc(NC(=O)Nc3ccc(F)cc3)c2O[C@H]1CN(C)S(=O)(=O)c1ccccc1. The van der Waals surface area contributed by atoms with Gasteiger partial charge in [0.2, 0.25) is 10.0 Å². The van der Waals surface area contributed by atoms with Gasteiger partial charge in [-0.1, -0.05) is 31.2 Å². The first-order valence-electron chi connectivity index (χ1n) is 13.1. The lowest BCUT2D eigenvalue weighted by Crippen LogP contribution is -2.50. The number of rotatable bonds is 8. The van der Waals surface area contributed by atoms with Gasteiger partial charge in [-0.2, -0.15) is 4.31 Å². The summed E-state index contributed by atoms with van der Waals surface area (Å²) in [4.78, 5) is 28.1. The molecule has 1 heterocycles. The van der Waals surface area contributed by atoms with E-state index in [9.17, 15) is 27.5 Å². The molecule has 0 saturated carbocycles. The predicted octanol–water partition coefficient (Wildman–Crippen LogP) is 4.01. The number of hydrogen-bond acceptors (Lipinski definition) is 6. The molecule has 0 radical (unpaired) electrons. The second-order valence-corrected chi connectivity index (χ2v) is 12.0. The number of aliphatic hydroxyl groups excluding tert-OH is 1. The molecule has 0 aliphatic carbocycles. The first-order valence-corrected chi connectivity index (χ1v) is 14.5. The van der Waals surface area contributed by atoms with Crippen LogP contribution in [0.25, 0.3) is 0 Å². The molecule has 4 rings (SSSR count). The molecule has 0 saturated heterocycles. The zero-order chi connectivity index (χ0) is 29.7. The van der Waals surface area contributed by atoms with Crippen LogP contribution in [0.15, 0.2) is 77.7 Å². The Morgan fingerprint density at radius 2 is 1.78 bits per heavy atom. The van der Waals surface area contributed by atoms with E-state index in [4.69, 9.17) is 4.74 Å². The van der Waals surface area contributed by atoms with Crippen LogP contribution in [0.5, 0.6) is 5.75 Å². The third-order valence-corrected chi connectivity index (χ3v) is 8.77. The summed E-state index contributed by atoms with van der Waals surface area (Å²) in [6, 6.07) is 16.8. The number of para-hydroxylation sites is 1. The molecule has 3 aromatic rings. The van der Waals surface area contributed by atoms with Crippen LogP contribution in [0.4, 0.5) is 20.6 Å². The first kappa shape index (κ1) is 30.0. The maximum Gasteiger partial charge on any atom is 0.323 e. The van der Waals surface area contributed by atoms with Crippen molar-refractivity contribution in [1.29, 1.82) is 0 Å². The van der Waals surface area contributed by atoms with Crippen LogP contribution in [-0.2, 0) is 10.0 Å². The average Bonchev–Trinajstić information content (AvgIpc) is 2.96. The number of nitrogens with zero attached hydrogens (tertiary/aromatic N) is 2. The number of ether oxygens (including phenoxy) is 1. The smallest absolute Gasteiger partial charge is 0.323 e. The molecule has 0 bridgehead atoms. The van der Waals surface area contributed by atoms with Crippen LogP contribution < -0.4 is 15.4 Å². The highest BCUT2D eigenvalue weighted by molar-refractivity contribution is 7.89. The molecule has 12 heteroatoms. The molecular weight excluding hydrogens is 551 g/mol. The molecule has 10 nitrogen and oxygen atoms in total. The lowest BCUT2D eigenvalue weighted by Gasteiger charge is -2.38. The zero-order valence-electron chi connectivity index (χ0n) is 23.0. The van der Waals surface area contributed by atoms with Gasteiger partial charge in [0.1, 0.15) is 11.9 Å². The highest BCUT2D eigenvalue weighted by Crippen LogP contribution is 2.35. The van der Waals surface area contributed by atoms with E-state index in [0.717, 1.165) is 0 Å². The fraction of sp³-hybridized carbons (Fsp3) is 0.310. The van der Waals surface area contributed by atoms with Crippen molar-refractivity contribution in [2.24, 2.45) is 5.92 Å². The summed E-state index contributed by atoms with van der Waals surface area (Å²) < 4.78 is 47.4. The Hall–Kier alpha value is -4.00.